The Morgan fingerprint density at radius 3 is 2.44 bits per heavy atom. The number of primary amides is 1. The van der Waals surface area contributed by atoms with E-state index in [1.165, 1.54) is 32.1 Å². The number of hydrogen-bond donors (Lipinski definition) is 1. The number of nitrogens with two attached hydrogens (primary N) is 1. The molecule has 2 aliphatic rings. The zero-order valence-corrected chi connectivity index (χ0v) is 16.3. The molecule has 0 heterocycles. The fraction of sp³-hybridized carbons (Fsp3) is 0.682. The number of carbonyl (C=O) groups excluding carboxylic acids is 1. The van der Waals surface area contributed by atoms with Crippen LogP contribution in [0.15, 0.2) is 30.3 Å². The third-order valence-corrected chi connectivity index (χ3v) is 6.38. The molecule has 2 N–H and O–H groups in total. The highest BCUT2D eigenvalue weighted by Gasteiger charge is 2.52. The number of carbonyl (C=O) groups is 1. The maximum Gasteiger partial charge on any atom is 0.204 e. The molecule has 0 aromatic heterocycles. The number of methoxy groups -OCH3 is 1. The summed E-state index contributed by atoms with van der Waals surface area (Å²) in [5.41, 5.74) is 6.63. The van der Waals surface area contributed by atoms with Gasteiger partial charge in [-0.25, -0.2) is 0 Å². The predicted octanol–water partition coefficient (Wildman–Crippen LogP) is 4.54. The van der Waals surface area contributed by atoms with E-state index < -0.39 is 0 Å². The zero-order chi connectivity index (χ0) is 18.5. The van der Waals surface area contributed by atoms with Crippen molar-refractivity contribution in [2.45, 2.75) is 58.3 Å². The first kappa shape index (κ1) is 20.0. The average molecular weight is 346 g/mol. The molecule has 0 saturated heterocycles. The molecule has 25 heavy (non-hydrogen) atoms. The van der Waals surface area contributed by atoms with Crippen molar-refractivity contribution < 1.29 is 9.53 Å². The summed E-state index contributed by atoms with van der Waals surface area (Å²) < 4.78 is 5.39. The van der Waals surface area contributed by atoms with Crippen molar-refractivity contribution in [1.82, 2.24) is 0 Å². The van der Waals surface area contributed by atoms with Gasteiger partial charge in [0.25, 0.3) is 0 Å². The molecule has 2 bridgehead atoms. The Hall–Kier alpha value is -1.35. The minimum Gasteiger partial charge on any atom is -0.385 e. The molecule has 1 aromatic rings. The van der Waals surface area contributed by atoms with Crippen LogP contribution in [0.3, 0.4) is 0 Å². The van der Waals surface area contributed by atoms with Gasteiger partial charge >= 0.3 is 0 Å². The maximum absolute atomic E-state index is 8.58. The number of benzene rings is 1. The summed E-state index contributed by atoms with van der Waals surface area (Å²) in [4.78, 5) is 8.58. The molecule has 3 rings (SSSR count). The molecule has 0 radical (unpaired) electrons. The van der Waals surface area contributed by atoms with Crippen LogP contribution in [0.2, 0.25) is 0 Å². The van der Waals surface area contributed by atoms with Crippen molar-refractivity contribution in [2.24, 2.45) is 28.9 Å². The second kappa shape index (κ2) is 8.35. The molecule has 0 aliphatic heterocycles. The molecule has 4 unspecified atom stereocenters. The molecule has 2 aliphatic carbocycles. The lowest BCUT2D eigenvalue weighted by atomic mass is 9.48. The van der Waals surface area contributed by atoms with Gasteiger partial charge in [0, 0.05) is 13.7 Å². The Morgan fingerprint density at radius 1 is 1.20 bits per heavy atom. The SMILES string of the molecule is COCCC1C(C)CC2(c3ccccc3)CC1CC(C)(C)C2.NC=O. The van der Waals surface area contributed by atoms with Crippen molar-refractivity contribution in [1.29, 1.82) is 0 Å². The summed E-state index contributed by atoms with van der Waals surface area (Å²) in [5.74, 6) is 2.52. The molecule has 2 fully saturated rings. The van der Waals surface area contributed by atoms with Crippen LogP contribution in [0.5, 0.6) is 0 Å². The van der Waals surface area contributed by atoms with Crippen LogP contribution in [0.25, 0.3) is 0 Å². The highest BCUT2D eigenvalue weighted by atomic mass is 16.5. The van der Waals surface area contributed by atoms with E-state index in [0.29, 0.717) is 10.8 Å². The normalized spacial score (nSPS) is 33.0. The van der Waals surface area contributed by atoms with Gasteiger partial charge in [-0.2, -0.15) is 0 Å². The highest BCUT2D eigenvalue weighted by molar-refractivity contribution is 5.42. The van der Waals surface area contributed by atoms with Crippen molar-refractivity contribution in [3.8, 4) is 0 Å². The van der Waals surface area contributed by atoms with Gasteiger partial charge in [-0.1, -0.05) is 51.1 Å². The smallest absolute Gasteiger partial charge is 0.204 e. The Morgan fingerprint density at radius 2 is 1.84 bits per heavy atom. The molecule has 140 valence electrons. The fourth-order valence-corrected chi connectivity index (χ4v) is 5.94. The third-order valence-electron chi connectivity index (χ3n) is 6.38. The first-order chi connectivity index (χ1) is 11.9. The molecule has 1 aromatic carbocycles. The lowest BCUT2D eigenvalue weighted by molar-refractivity contribution is -0.106. The van der Waals surface area contributed by atoms with E-state index in [1.807, 2.05) is 7.11 Å². The van der Waals surface area contributed by atoms with Crippen molar-refractivity contribution in [3.05, 3.63) is 35.9 Å². The van der Waals surface area contributed by atoms with Gasteiger partial charge in [0.2, 0.25) is 6.41 Å². The van der Waals surface area contributed by atoms with E-state index in [0.717, 1.165) is 24.4 Å². The maximum atomic E-state index is 8.58. The van der Waals surface area contributed by atoms with Gasteiger partial charge in [0.1, 0.15) is 0 Å². The summed E-state index contributed by atoms with van der Waals surface area (Å²) >= 11 is 0. The van der Waals surface area contributed by atoms with Crippen LogP contribution in [0.4, 0.5) is 0 Å². The Balaban J connectivity index is 0.000000701. The average Bonchev–Trinajstić information content (AvgIpc) is 2.54. The molecule has 1 amide bonds. The number of ether oxygens (including phenoxy) is 1. The quantitative estimate of drug-likeness (QED) is 0.814. The van der Waals surface area contributed by atoms with E-state index in [9.17, 15) is 0 Å². The van der Waals surface area contributed by atoms with E-state index in [-0.39, 0.29) is 6.41 Å². The van der Waals surface area contributed by atoms with Crippen molar-refractivity contribution >= 4 is 6.41 Å². The summed E-state index contributed by atoms with van der Waals surface area (Å²) in [6, 6.07) is 11.4. The first-order valence-corrected chi connectivity index (χ1v) is 9.57. The van der Waals surface area contributed by atoms with Crippen LogP contribution in [-0.4, -0.2) is 20.1 Å². The van der Waals surface area contributed by atoms with Crippen molar-refractivity contribution in [3.63, 3.8) is 0 Å². The van der Waals surface area contributed by atoms with Gasteiger partial charge < -0.3 is 10.5 Å². The monoisotopic (exact) mass is 345 g/mol. The number of amides is 1. The van der Waals surface area contributed by atoms with Crippen LogP contribution < -0.4 is 5.73 Å². The molecule has 4 atom stereocenters. The Bertz CT molecular complexity index is 538. The van der Waals surface area contributed by atoms with Crippen LogP contribution in [0.1, 0.15) is 58.4 Å². The van der Waals surface area contributed by atoms with E-state index in [1.54, 1.807) is 5.56 Å². The lowest BCUT2D eigenvalue weighted by Gasteiger charge is -2.57. The molecule has 3 nitrogen and oxygen atoms in total. The lowest BCUT2D eigenvalue weighted by Crippen LogP contribution is -2.49. The van der Waals surface area contributed by atoms with Gasteiger partial charge in [-0.15, -0.1) is 0 Å². The minimum atomic E-state index is 0.250. The molecule has 3 heteroatoms. The Labute approximate surface area is 153 Å². The zero-order valence-electron chi connectivity index (χ0n) is 16.3. The highest BCUT2D eigenvalue weighted by Crippen LogP contribution is 2.60. The van der Waals surface area contributed by atoms with Crippen LogP contribution >= 0.6 is 0 Å². The standard InChI is InChI=1S/C21H32O.CH3NO/c1-16-12-21(18-8-6-5-7-9-18)14-17(13-20(2,3)15-21)19(16)10-11-22-4;2-1-3/h5-9,16-17,19H,10-15H2,1-4H3;1H,(H2,2,3). The van der Waals surface area contributed by atoms with Gasteiger partial charge in [0.15, 0.2) is 0 Å². The molecular weight excluding hydrogens is 310 g/mol. The van der Waals surface area contributed by atoms with Gasteiger partial charge in [-0.05, 0) is 66.3 Å². The molecular formula is C22H35NO2. The van der Waals surface area contributed by atoms with Crippen LogP contribution in [0, 0.1) is 23.2 Å². The fourth-order valence-electron chi connectivity index (χ4n) is 5.94. The number of hydrogen-bond acceptors (Lipinski definition) is 2. The summed E-state index contributed by atoms with van der Waals surface area (Å²) in [6.45, 7) is 8.38. The van der Waals surface area contributed by atoms with Crippen LogP contribution in [-0.2, 0) is 14.9 Å². The van der Waals surface area contributed by atoms with Gasteiger partial charge in [0.05, 0.1) is 0 Å². The second-order valence-corrected chi connectivity index (χ2v) is 8.92. The topological polar surface area (TPSA) is 52.3 Å². The molecule has 0 spiro atoms. The van der Waals surface area contributed by atoms with E-state index >= 15 is 0 Å². The van der Waals surface area contributed by atoms with Crippen molar-refractivity contribution in [2.75, 3.05) is 13.7 Å². The number of fused-ring (bicyclic) bond motifs is 2. The van der Waals surface area contributed by atoms with E-state index in [4.69, 9.17) is 9.53 Å². The minimum absolute atomic E-state index is 0.250. The summed E-state index contributed by atoms with van der Waals surface area (Å²) in [5, 5.41) is 0. The Kier molecular flexibility index (Phi) is 6.67. The van der Waals surface area contributed by atoms with E-state index in [2.05, 4.69) is 56.8 Å². The number of rotatable bonds is 4. The molecule has 2 saturated carbocycles. The predicted molar refractivity (Wildman–Crippen MR) is 103 cm³/mol. The summed E-state index contributed by atoms with van der Waals surface area (Å²) in [7, 11) is 1.84. The summed E-state index contributed by atoms with van der Waals surface area (Å²) in [6.07, 6.45) is 6.97. The van der Waals surface area contributed by atoms with Gasteiger partial charge in [-0.3, -0.25) is 4.79 Å². The third kappa shape index (κ3) is 4.63. The largest absolute Gasteiger partial charge is 0.385 e. The second-order valence-electron chi connectivity index (χ2n) is 8.92. The first-order valence-electron chi connectivity index (χ1n) is 9.57.